The first kappa shape index (κ1) is 35.6. The molecular formula is C61H38N2S. The van der Waals surface area contributed by atoms with Gasteiger partial charge >= 0.3 is 0 Å². The molecule has 0 saturated heterocycles. The monoisotopic (exact) mass is 830 g/mol. The van der Waals surface area contributed by atoms with Crippen LogP contribution in [0.2, 0.25) is 0 Å². The smallest absolute Gasteiger partial charge is 0.0726 e. The van der Waals surface area contributed by atoms with E-state index in [1.165, 1.54) is 103 Å². The number of thiophene rings is 1. The topological polar surface area (TPSA) is 8.17 Å². The number of benzene rings is 10. The van der Waals surface area contributed by atoms with Crippen LogP contribution in [-0.2, 0) is 5.41 Å². The molecule has 298 valence electrons. The summed E-state index contributed by atoms with van der Waals surface area (Å²) in [5.41, 5.74) is 19.6. The van der Waals surface area contributed by atoms with E-state index in [0.29, 0.717) is 0 Å². The minimum atomic E-state index is -0.431. The largest absolute Gasteiger partial charge is 0.310 e. The van der Waals surface area contributed by atoms with Gasteiger partial charge in [-0.3, -0.25) is 0 Å². The Hall–Kier alpha value is -7.98. The van der Waals surface area contributed by atoms with Gasteiger partial charge in [0.15, 0.2) is 0 Å². The van der Waals surface area contributed by atoms with E-state index in [1.54, 1.807) is 0 Å². The third-order valence-electron chi connectivity index (χ3n) is 14.0. The molecule has 10 aromatic carbocycles. The molecule has 2 aliphatic rings. The fourth-order valence-corrected chi connectivity index (χ4v) is 12.5. The Kier molecular flexibility index (Phi) is 7.51. The number of para-hydroxylation sites is 2. The zero-order chi connectivity index (χ0) is 41.9. The van der Waals surface area contributed by atoms with Crippen molar-refractivity contribution in [3.8, 4) is 39.1 Å². The molecule has 2 aliphatic carbocycles. The highest BCUT2D eigenvalue weighted by atomic mass is 32.1. The minimum absolute atomic E-state index is 0.431. The van der Waals surface area contributed by atoms with Crippen molar-refractivity contribution < 1.29 is 0 Å². The van der Waals surface area contributed by atoms with Crippen LogP contribution in [0, 0.1) is 0 Å². The van der Waals surface area contributed by atoms with Gasteiger partial charge in [-0.2, -0.15) is 0 Å². The van der Waals surface area contributed by atoms with E-state index in [4.69, 9.17) is 0 Å². The van der Waals surface area contributed by atoms with Crippen LogP contribution in [0.4, 0.5) is 17.1 Å². The Labute approximate surface area is 375 Å². The van der Waals surface area contributed by atoms with Crippen molar-refractivity contribution >= 4 is 70.4 Å². The highest BCUT2D eigenvalue weighted by Gasteiger charge is 2.51. The van der Waals surface area contributed by atoms with Gasteiger partial charge < -0.3 is 9.47 Å². The van der Waals surface area contributed by atoms with Gasteiger partial charge in [0.2, 0.25) is 0 Å². The second-order valence-electron chi connectivity index (χ2n) is 17.2. The van der Waals surface area contributed by atoms with Gasteiger partial charge in [-0.1, -0.05) is 164 Å². The molecule has 14 rings (SSSR count). The first-order chi connectivity index (χ1) is 31.7. The van der Waals surface area contributed by atoms with Crippen molar-refractivity contribution in [3.63, 3.8) is 0 Å². The maximum absolute atomic E-state index is 2.49. The molecule has 12 aromatic rings. The normalized spacial score (nSPS) is 13.1. The predicted molar refractivity (Wildman–Crippen MR) is 270 cm³/mol. The molecule has 0 fully saturated rings. The van der Waals surface area contributed by atoms with Crippen molar-refractivity contribution in [3.05, 3.63) is 253 Å². The second-order valence-corrected chi connectivity index (χ2v) is 18.3. The third-order valence-corrected chi connectivity index (χ3v) is 15.1. The van der Waals surface area contributed by atoms with E-state index in [-0.39, 0.29) is 0 Å². The van der Waals surface area contributed by atoms with Crippen LogP contribution in [0.3, 0.4) is 0 Å². The molecule has 2 nitrogen and oxygen atoms in total. The Morgan fingerprint density at radius 2 is 0.844 bits per heavy atom. The van der Waals surface area contributed by atoms with E-state index >= 15 is 0 Å². The minimum Gasteiger partial charge on any atom is -0.310 e. The van der Waals surface area contributed by atoms with Gasteiger partial charge in [-0.05, 0) is 122 Å². The maximum Gasteiger partial charge on any atom is 0.0726 e. The van der Waals surface area contributed by atoms with E-state index in [1.807, 2.05) is 11.3 Å². The van der Waals surface area contributed by atoms with E-state index in [9.17, 15) is 0 Å². The lowest BCUT2D eigenvalue weighted by atomic mass is 9.70. The van der Waals surface area contributed by atoms with Gasteiger partial charge in [-0.15, -0.1) is 11.3 Å². The van der Waals surface area contributed by atoms with Gasteiger partial charge in [0, 0.05) is 53.7 Å². The fraction of sp³-hybridized carbons (Fsp3) is 0.0164. The van der Waals surface area contributed by atoms with Crippen LogP contribution < -0.4 is 4.90 Å². The molecule has 64 heavy (non-hydrogen) atoms. The number of anilines is 3. The van der Waals surface area contributed by atoms with Gasteiger partial charge in [0.25, 0.3) is 0 Å². The molecule has 0 atom stereocenters. The van der Waals surface area contributed by atoms with Crippen LogP contribution in [-0.4, -0.2) is 4.57 Å². The quantitative estimate of drug-likeness (QED) is 0.168. The zero-order valence-electron chi connectivity index (χ0n) is 34.7. The van der Waals surface area contributed by atoms with Gasteiger partial charge in [0.05, 0.1) is 16.4 Å². The van der Waals surface area contributed by atoms with E-state index in [0.717, 1.165) is 17.1 Å². The molecule has 0 unspecified atom stereocenters. The van der Waals surface area contributed by atoms with Crippen LogP contribution in [0.1, 0.15) is 22.3 Å². The summed E-state index contributed by atoms with van der Waals surface area (Å²) in [6.07, 6.45) is 0. The molecule has 0 amide bonds. The Morgan fingerprint density at radius 1 is 0.328 bits per heavy atom. The number of hydrogen-bond acceptors (Lipinski definition) is 2. The second kappa shape index (κ2) is 13.5. The van der Waals surface area contributed by atoms with Crippen molar-refractivity contribution in [1.29, 1.82) is 0 Å². The van der Waals surface area contributed by atoms with Crippen LogP contribution in [0.25, 0.3) is 81.0 Å². The highest BCUT2D eigenvalue weighted by molar-refractivity contribution is 7.25. The summed E-state index contributed by atoms with van der Waals surface area (Å²) >= 11 is 1.87. The number of rotatable bonds is 5. The molecule has 0 radical (unpaired) electrons. The lowest BCUT2D eigenvalue weighted by Gasteiger charge is -2.32. The highest BCUT2D eigenvalue weighted by Crippen LogP contribution is 2.63. The predicted octanol–water partition coefficient (Wildman–Crippen LogP) is 16.6. The number of hydrogen-bond donors (Lipinski definition) is 0. The van der Waals surface area contributed by atoms with E-state index < -0.39 is 5.41 Å². The molecule has 3 heteroatoms. The first-order valence-electron chi connectivity index (χ1n) is 22.1. The maximum atomic E-state index is 2.49. The number of aromatic nitrogens is 1. The summed E-state index contributed by atoms with van der Waals surface area (Å²) in [7, 11) is 0. The lowest BCUT2D eigenvalue weighted by Crippen LogP contribution is -2.26. The number of fused-ring (bicyclic) bond motifs is 16. The summed E-state index contributed by atoms with van der Waals surface area (Å²) in [6.45, 7) is 0. The lowest BCUT2D eigenvalue weighted by molar-refractivity contribution is 0.793. The Balaban J connectivity index is 0.967. The fourth-order valence-electron chi connectivity index (χ4n) is 11.3. The standard InChI is InChI=1S/C61H38N2S/c1-2-14-39(15-3-1)40-26-28-41(29-27-40)62(43-30-33-48-47-18-6-11-23-55(47)61(56(48)37-43)53-21-9-4-16-45(53)46-17-5-10-22-54(46)61)42-32-35-59-52(36-42)51-34-31-44(38-60(51)64-59)63-57-24-12-7-19-49(57)50-20-8-13-25-58(50)63/h1-38H. The zero-order valence-corrected chi connectivity index (χ0v) is 35.6. The molecule has 0 saturated carbocycles. The van der Waals surface area contributed by atoms with Crippen LogP contribution >= 0.6 is 11.3 Å². The van der Waals surface area contributed by atoms with Crippen molar-refractivity contribution in [2.24, 2.45) is 0 Å². The van der Waals surface area contributed by atoms with Crippen molar-refractivity contribution in [1.82, 2.24) is 4.57 Å². The molecular weight excluding hydrogens is 793 g/mol. The van der Waals surface area contributed by atoms with Gasteiger partial charge in [-0.25, -0.2) is 0 Å². The summed E-state index contributed by atoms with van der Waals surface area (Å²) in [6, 6.07) is 85.7. The Bertz CT molecular complexity index is 3740. The molecule has 0 aliphatic heterocycles. The Morgan fingerprint density at radius 3 is 1.50 bits per heavy atom. The summed E-state index contributed by atoms with van der Waals surface area (Å²) in [4.78, 5) is 2.47. The molecule has 0 N–H and O–H groups in total. The van der Waals surface area contributed by atoms with E-state index in [2.05, 4.69) is 240 Å². The summed E-state index contributed by atoms with van der Waals surface area (Å²) in [5.74, 6) is 0. The average Bonchev–Trinajstić information content (AvgIpc) is 4.08. The van der Waals surface area contributed by atoms with Crippen LogP contribution in [0.15, 0.2) is 231 Å². The van der Waals surface area contributed by atoms with Crippen molar-refractivity contribution in [2.75, 3.05) is 4.90 Å². The average molecular weight is 831 g/mol. The van der Waals surface area contributed by atoms with Crippen molar-refractivity contribution in [2.45, 2.75) is 5.41 Å². The van der Waals surface area contributed by atoms with Crippen LogP contribution in [0.5, 0.6) is 0 Å². The SMILES string of the molecule is c1ccc(-c2ccc(N(c3ccc4c(c3)C3(c5ccccc5-c5ccccc53)c3ccccc3-4)c3ccc4sc5cc(-n6c7ccccc7c7ccccc76)ccc5c4c3)cc2)cc1. The molecule has 0 bridgehead atoms. The third kappa shape index (κ3) is 4.90. The molecule has 1 spiro atoms. The summed E-state index contributed by atoms with van der Waals surface area (Å²) < 4.78 is 4.97. The first-order valence-corrected chi connectivity index (χ1v) is 22.9. The summed E-state index contributed by atoms with van der Waals surface area (Å²) in [5, 5.41) is 5.09. The molecule has 2 aromatic heterocycles. The van der Waals surface area contributed by atoms with Gasteiger partial charge in [0.1, 0.15) is 0 Å². The number of nitrogens with zero attached hydrogens (tertiary/aromatic N) is 2. The molecule has 2 heterocycles.